The van der Waals surface area contributed by atoms with Crippen LogP contribution in [-0.2, 0) is 24.1 Å². The Morgan fingerprint density at radius 2 is 1.97 bits per heavy atom. The highest BCUT2D eigenvalue weighted by molar-refractivity contribution is 7.99. The summed E-state index contributed by atoms with van der Waals surface area (Å²) in [5, 5.41) is 11.5. The van der Waals surface area contributed by atoms with Crippen LogP contribution < -0.4 is 10.1 Å². The third-order valence-electron chi connectivity index (χ3n) is 4.76. The molecular weight excluding hydrogens is 453 g/mol. The van der Waals surface area contributed by atoms with E-state index in [1.54, 1.807) is 10.6 Å². The number of thioether (sulfide) groups is 1. The highest BCUT2D eigenvalue weighted by Gasteiger charge is 2.30. The summed E-state index contributed by atoms with van der Waals surface area (Å²) in [5.41, 5.74) is 2.14. The number of alkyl halides is 3. The van der Waals surface area contributed by atoms with Gasteiger partial charge in [-0.2, -0.15) is 13.2 Å². The Morgan fingerprint density at radius 3 is 2.67 bits per heavy atom. The average Bonchev–Trinajstić information content (AvgIpc) is 3.15. The number of benzene rings is 2. The molecule has 0 aliphatic rings. The van der Waals surface area contributed by atoms with Crippen molar-refractivity contribution in [2.75, 3.05) is 11.1 Å². The molecule has 0 unspecified atom stereocenters. The van der Waals surface area contributed by atoms with Crippen molar-refractivity contribution in [3.05, 3.63) is 77.6 Å². The van der Waals surface area contributed by atoms with Crippen LogP contribution in [0.2, 0.25) is 0 Å². The van der Waals surface area contributed by atoms with Crippen molar-refractivity contribution in [1.29, 1.82) is 0 Å². The second-order valence-electron chi connectivity index (χ2n) is 7.25. The largest absolute Gasteiger partial charge is 0.486 e. The van der Waals surface area contributed by atoms with E-state index in [1.165, 1.54) is 23.9 Å². The number of amides is 1. The van der Waals surface area contributed by atoms with Crippen LogP contribution in [0.5, 0.6) is 5.75 Å². The monoisotopic (exact) mass is 476 g/mol. The lowest BCUT2D eigenvalue weighted by Gasteiger charge is -2.11. The fraction of sp³-hybridized carbons (Fsp3) is 0.261. The highest BCUT2D eigenvalue weighted by atomic mass is 32.2. The van der Waals surface area contributed by atoms with Crippen LogP contribution in [0, 0.1) is 13.8 Å². The number of hydrogen-bond donors (Lipinski definition) is 1. The number of nitrogens with one attached hydrogen (secondary N) is 1. The zero-order valence-corrected chi connectivity index (χ0v) is 19.0. The number of hydrogen-bond acceptors (Lipinski definition) is 5. The summed E-state index contributed by atoms with van der Waals surface area (Å²) in [4.78, 5) is 12.4. The highest BCUT2D eigenvalue weighted by Crippen LogP contribution is 2.31. The molecule has 1 aromatic heterocycles. The normalized spacial score (nSPS) is 11.3. The molecule has 2 aromatic carbocycles. The molecule has 0 bridgehead atoms. The zero-order valence-electron chi connectivity index (χ0n) is 18.1. The SMILES string of the molecule is C=CCn1c(COc2cccc(C(F)(F)F)c2)nnc1SCC(=O)Nc1ccc(C)c(C)c1. The van der Waals surface area contributed by atoms with Gasteiger partial charge in [0.05, 0.1) is 11.3 Å². The summed E-state index contributed by atoms with van der Waals surface area (Å²) in [6.45, 7) is 7.95. The Kier molecular flexibility index (Phi) is 7.80. The molecule has 174 valence electrons. The molecule has 0 saturated carbocycles. The summed E-state index contributed by atoms with van der Waals surface area (Å²) < 4.78 is 45.9. The summed E-state index contributed by atoms with van der Waals surface area (Å²) in [6.07, 6.45) is -2.82. The number of nitrogens with zero attached hydrogens (tertiary/aromatic N) is 3. The second-order valence-corrected chi connectivity index (χ2v) is 8.19. The first kappa shape index (κ1) is 24.4. The molecule has 0 fully saturated rings. The molecule has 0 spiro atoms. The lowest BCUT2D eigenvalue weighted by Crippen LogP contribution is -2.15. The average molecular weight is 477 g/mol. The first-order valence-electron chi connectivity index (χ1n) is 10.0. The Balaban J connectivity index is 1.63. The maximum Gasteiger partial charge on any atom is 0.416 e. The van der Waals surface area contributed by atoms with E-state index in [-0.39, 0.29) is 24.0 Å². The van der Waals surface area contributed by atoms with Gasteiger partial charge in [-0.3, -0.25) is 9.36 Å². The molecule has 33 heavy (non-hydrogen) atoms. The number of anilines is 1. The zero-order chi connectivity index (χ0) is 24.0. The van der Waals surface area contributed by atoms with Gasteiger partial charge in [-0.1, -0.05) is 30.0 Å². The molecule has 0 aliphatic carbocycles. The Bertz CT molecular complexity index is 1140. The van der Waals surface area contributed by atoms with Crippen molar-refractivity contribution in [2.45, 2.75) is 38.3 Å². The predicted octanol–water partition coefficient (Wildman–Crippen LogP) is 5.41. The van der Waals surface area contributed by atoms with Gasteiger partial charge in [0.25, 0.3) is 0 Å². The van der Waals surface area contributed by atoms with E-state index in [0.717, 1.165) is 23.3 Å². The van der Waals surface area contributed by atoms with Crippen molar-refractivity contribution in [3.8, 4) is 5.75 Å². The maximum absolute atomic E-state index is 12.9. The van der Waals surface area contributed by atoms with Crippen LogP contribution in [-0.4, -0.2) is 26.4 Å². The van der Waals surface area contributed by atoms with Crippen molar-refractivity contribution in [2.24, 2.45) is 0 Å². The Labute approximate surface area is 193 Å². The molecule has 3 aromatic rings. The molecule has 1 heterocycles. The quantitative estimate of drug-likeness (QED) is 0.330. The van der Waals surface area contributed by atoms with Crippen LogP contribution in [0.3, 0.4) is 0 Å². The first-order valence-corrected chi connectivity index (χ1v) is 11.0. The number of carbonyl (C=O) groups is 1. The minimum atomic E-state index is -4.45. The fourth-order valence-corrected chi connectivity index (χ4v) is 3.67. The molecule has 1 N–H and O–H groups in total. The molecule has 10 heteroatoms. The van der Waals surface area contributed by atoms with Gasteiger partial charge in [0.2, 0.25) is 5.91 Å². The summed E-state index contributed by atoms with van der Waals surface area (Å²) in [7, 11) is 0. The van der Waals surface area contributed by atoms with Gasteiger partial charge < -0.3 is 10.1 Å². The van der Waals surface area contributed by atoms with E-state index < -0.39 is 11.7 Å². The molecule has 0 saturated heterocycles. The van der Waals surface area contributed by atoms with Crippen molar-refractivity contribution in [1.82, 2.24) is 14.8 Å². The van der Waals surface area contributed by atoms with Gasteiger partial charge in [-0.15, -0.1) is 16.8 Å². The van der Waals surface area contributed by atoms with Crippen LogP contribution in [0.25, 0.3) is 0 Å². The molecule has 6 nitrogen and oxygen atoms in total. The number of carbonyl (C=O) groups excluding carboxylic acids is 1. The molecule has 1 amide bonds. The van der Waals surface area contributed by atoms with Gasteiger partial charge in [-0.25, -0.2) is 0 Å². The summed E-state index contributed by atoms with van der Waals surface area (Å²) in [6, 6.07) is 10.3. The number of aromatic nitrogens is 3. The van der Waals surface area contributed by atoms with Gasteiger partial charge in [0, 0.05) is 12.2 Å². The fourth-order valence-electron chi connectivity index (χ4n) is 2.90. The standard InChI is InChI=1S/C23H23F3N4O2S/c1-4-10-30-20(13-32-19-7-5-6-17(12-19)23(24,25)26)28-29-22(30)33-14-21(31)27-18-9-8-15(2)16(3)11-18/h4-9,11-12H,1,10,13-14H2,2-3H3,(H,27,31). The van der Waals surface area contributed by atoms with Crippen LogP contribution in [0.4, 0.5) is 18.9 Å². The summed E-state index contributed by atoms with van der Waals surface area (Å²) in [5.74, 6) is 0.388. The third kappa shape index (κ3) is 6.61. The topological polar surface area (TPSA) is 69.0 Å². The molecule has 0 radical (unpaired) electrons. The number of allylic oxidation sites excluding steroid dienone is 1. The third-order valence-corrected chi connectivity index (χ3v) is 5.72. The Hall–Kier alpha value is -3.27. The van der Waals surface area contributed by atoms with E-state index in [2.05, 4.69) is 22.1 Å². The van der Waals surface area contributed by atoms with E-state index in [0.29, 0.717) is 23.2 Å². The van der Waals surface area contributed by atoms with Crippen LogP contribution in [0.1, 0.15) is 22.5 Å². The maximum atomic E-state index is 12.9. The van der Waals surface area contributed by atoms with Crippen LogP contribution >= 0.6 is 11.8 Å². The second kappa shape index (κ2) is 10.6. The first-order chi connectivity index (χ1) is 15.7. The van der Waals surface area contributed by atoms with Crippen LogP contribution in [0.15, 0.2) is 60.3 Å². The minimum absolute atomic E-state index is 0.0694. The van der Waals surface area contributed by atoms with E-state index in [4.69, 9.17) is 4.74 Å². The van der Waals surface area contributed by atoms with Gasteiger partial charge in [0.15, 0.2) is 11.0 Å². The molecule has 0 atom stereocenters. The van der Waals surface area contributed by atoms with Gasteiger partial charge in [-0.05, 0) is 55.3 Å². The molecule has 0 aliphatic heterocycles. The number of rotatable bonds is 9. The van der Waals surface area contributed by atoms with Crippen molar-refractivity contribution in [3.63, 3.8) is 0 Å². The lowest BCUT2D eigenvalue weighted by atomic mass is 10.1. The number of ether oxygens (including phenoxy) is 1. The minimum Gasteiger partial charge on any atom is -0.486 e. The lowest BCUT2D eigenvalue weighted by molar-refractivity contribution is -0.137. The summed E-state index contributed by atoms with van der Waals surface area (Å²) >= 11 is 1.20. The number of halogens is 3. The van der Waals surface area contributed by atoms with E-state index in [1.807, 2.05) is 32.0 Å². The van der Waals surface area contributed by atoms with E-state index >= 15 is 0 Å². The van der Waals surface area contributed by atoms with E-state index in [9.17, 15) is 18.0 Å². The van der Waals surface area contributed by atoms with Gasteiger partial charge >= 0.3 is 6.18 Å². The predicted molar refractivity (Wildman–Crippen MR) is 121 cm³/mol. The Morgan fingerprint density at radius 1 is 1.18 bits per heavy atom. The van der Waals surface area contributed by atoms with Crippen molar-refractivity contribution >= 4 is 23.4 Å². The van der Waals surface area contributed by atoms with Gasteiger partial charge in [0.1, 0.15) is 12.4 Å². The molecular formula is C23H23F3N4O2S. The van der Waals surface area contributed by atoms with Crippen molar-refractivity contribution < 1.29 is 22.7 Å². The smallest absolute Gasteiger partial charge is 0.416 e. The molecule has 3 rings (SSSR count). The number of aryl methyl sites for hydroxylation is 2.